The van der Waals surface area contributed by atoms with E-state index in [4.69, 9.17) is 4.74 Å². The summed E-state index contributed by atoms with van der Waals surface area (Å²) in [6, 6.07) is 9.56. The van der Waals surface area contributed by atoms with Crippen molar-refractivity contribution in [3.63, 3.8) is 0 Å². The van der Waals surface area contributed by atoms with E-state index in [9.17, 15) is 9.90 Å². The van der Waals surface area contributed by atoms with E-state index in [0.717, 1.165) is 42.9 Å². The van der Waals surface area contributed by atoms with Gasteiger partial charge < -0.3 is 9.84 Å². The molecule has 0 amide bonds. The van der Waals surface area contributed by atoms with E-state index in [0.29, 0.717) is 34.1 Å². The van der Waals surface area contributed by atoms with E-state index in [1.54, 1.807) is 0 Å². The van der Waals surface area contributed by atoms with E-state index in [1.807, 2.05) is 30.3 Å². The van der Waals surface area contributed by atoms with Gasteiger partial charge >= 0.3 is 5.97 Å². The molecule has 10 atom stereocenters. The van der Waals surface area contributed by atoms with Gasteiger partial charge in [0.1, 0.15) is 6.10 Å². The molecule has 1 N–H and O–H groups in total. The monoisotopic (exact) mass is 534 g/mol. The maximum absolute atomic E-state index is 12.9. The minimum atomic E-state index is -0.444. The van der Waals surface area contributed by atoms with Crippen molar-refractivity contribution < 1.29 is 14.6 Å². The first-order valence-corrected chi connectivity index (χ1v) is 16.6. The van der Waals surface area contributed by atoms with Crippen molar-refractivity contribution in [2.45, 2.75) is 129 Å². The van der Waals surface area contributed by atoms with Gasteiger partial charge in [-0.2, -0.15) is 0 Å². The van der Waals surface area contributed by atoms with Crippen molar-refractivity contribution in [2.24, 2.45) is 52.3 Å². The fourth-order valence-electron chi connectivity index (χ4n) is 11.0. The van der Waals surface area contributed by atoms with Gasteiger partial charge in [0, 0.05) is 0 Å². The van der Waals surface area contributed by atoms with Crippen LogP contribution in [0.1, 0.15) is 128 Å². The molecule has 5 aliphatic rings. The normalized spacial score (nSPS) is 43.4. The highest BCUT2D eigenvalue weighted by Crippen LogP contribution is 2.69. The summed E-state index contributed by atoms with van der Waals surface area (Å²) in [5, 5.41) is 10.8. The Hall–Kier alpha value is -1.35. The third-order valence-corrected chi connectivity index (χ3v) is 13.6. The standard InChI is InChI=1S/C36H54O3/c1-24(13-18-32(25-11-8-12-25)39-33(37)26-9-6-5-7-10-26)29-16-17-30-28-15-14-27-23-34(2,38)21-22-35(27,3)31(28)19-20-36(29,30)4/h5-7,9-10,24-25,27-32,38H,8,11-23H2,1-4H3/t24-,27+,28+,29-,30+,31+,32+,34+,35+,36-/m1/s1. The molecule has 3 nitrogen and oxygen atoms in total. The summed E-state index contributed by atoms with van der Waals surface area (Å²) in [6.07, 6.45) is 17.5. The predicted molar refractivity (Wildman–Crippen MR) is 157 cm³/mol. The highest BCUT2D eigenvalue weighted by Gasteiger charge is 2.61. The van der Waals surface area contributed by atoms with Crippen LogP contribution in [0.25, 0.3) is 0 Å². The predicted octanol–water partition coefficient (Wildman–Crippen LogP) is 8.84. The molecule has 216 valence electrons. The quantitative estimate of drug-likeness (QED) is 0.355. The molecular weight excluding hydrogens is 480 g/mol. The molecule has 0 heterocycles. The van der Waals surface area contributed by atoms with Gasteiger partial charge in [-0.15, -0.1) is 0 Å². The Bertz CT molecular complexity index is 1010. The maximum Gasteiger partial charge on any atom is 0.338 e. The van der Waals surface area contributed by atoms with Crippen molar-refractivity contribution in [1.82, 2.24) is 0 Å². The zero-order valence-electron chi connectivity index (χ0n) is 25.2. The SMILES string of the molecule is C[C@H](CC[C@H](OC(=O)c1ccccc1)C1CCC1)[C@H]1CC[C@H]2[C@@H]3CC[C@H]4C[C@@](C)(O)CC[C@]4(C)[C@H]3CC[C@]12C. The lowest BCUT2D eigenvalue weighted by Gasteiger charge is -2.62. The minimum Gasteiger partial charge on any atom is -0.458 e. The van der Waals surface area contributed by atoms with Gasteiger partial charge in [-0.25, -0.2) is 4.79 Å². The topological polar surface area (TPSA) is 46.5 Å². The van der Waals surface area contributed by atoms with Gasteiger partial charge in [0.05, 0.1) is 11.2 Å². The van der Waals surface area contributed by atoms with E-state index in [-0.39, 0.29) is 12.1 Å². The summed E-state index contributed by atoms with van der Waals surface area (Å²) < 4.78 is 6.18. The lowest BCUT2D eigenvalue weighted by atomic mass is 9.43. The summed E-state index contributed by atoms with van der Waals surface area (Å²) in [4.78, 5) is 12.9. The molecule has 5 aliphatic carbocycles. The molecule has 6 rings (SSSR count). The van der Waals surface area contributed by atoms with Crippen molar-refractivity contribution in [3.8, 4) is 0 Å². The Balaban J connectivity index is 1.10. The zero-order chi connectivity index (χ0) is 27.4. The van der Waals surface area contributed by atoms with Crippen LogP contribution >= 0.6 is 0 Å². The molecule has 1 aromatic carbocycles. The van der Waals surface area contributed by atoms with Crippen LogP contribution in [0.5, 0.6) is 0 Å². The Morgan fingerprint density at radius 1 is 0.897 bits per heavy atom. The molecule has 0 aliphatic heterocycles. The van der Waals surface area contributed by atoms with Gasteiger partial charge in [0.2, 0.25) is 0 Å². The lowest BCUT2D eigenvalue weighted by Crippen LogP contribution is -2.55. The highest BCUT2D eigenvalue weighted by molar-refractivity contribution is 5.89. The van der Waals surface area contributed by atoms with E-state index >= 15 is 0 Å². The fraction of sp³-hybridized carbons (Fsp3) is 0.806. The third-order valence-electron chi connectivity index (χ3n) is 13.6. The molecule has 39 heavy (non-hydrogen) atoms. The van der Waals surface area contributed by atoms with Crippen LogP contribution in [-0.2, 0) is 4.74 Å². The van der Waals surface area contributed by atoms with Gasteiger partial charge in [-0.05, 0) is 155 Å². The number of aliphatic hydroxyl groups is 1. The largest absolute Gasteiger partial charge is 0.458 e. The van der Waals surface area contributed by atoms with Gasteiger partial charge in [-0.3, -0.25) is 0 Å². The minimum absolute atomic E-state index is 0.0772. The van der Waals surface area contributed by atoms with Crippen LogP contribution in [0.4, 0.5) is 0 Å². The summed E-state index contributed by atoms with van der Waals surface area (Å²) in [5.74, 6) is 5.24. The first-order valence-electron chi connectivity index (χ1n) is 16.6. The van der Waals surface area contributed by atoms with E-state index in [1.165, 1.54) is 70.6 Å². The molecular formula is C36H54O3. The highest BCUT2D eigenvalue weighted by atomic mass is 16.5. The number of ether oxygens (including phenoxy) is 1. The molecule has 0 unspecified atom stereocenters. The first kappa shape index (κ1) is 27.8. The smallest absolute Gasteiger partial charge is 0.338 e. The van der Waals surface area contributed by atoms with Crippen molar-refractivity contribution >= 4 is 5.97 Å². The Morgan fingerprint density at radius 3 is 2.36 bits per heavy atom. The van der Waals surface area contributed by atoms with Crippen LogP contribution in [-0.4, -0.2) is 22.8 Å². The molecule has 1 aromatic rings. The molecule has 0 bridgehead atoms. The molecule has 5 saturated carbocycles. The van der Waals surface area contributed by atoms with Gasteiger partial charge in [0.25, 0.3) is 0 Å². The van der Waals surface area contributed by atoms with Crippen molar-refractivity contribution in [1.29, 1.82) is 0 Å². The number of hydrogen-bond acceptors (Lipinski definition) is 3. The lowest BCUT2D eigenvalue weighted by molar-refractivity contribution is -0.148. The maximum atomic E-state index is 12.9. The fourth-order valence-corrected chi connectivity index (χ4v) is 11.0. The molecule has 0 spiro atoms. The molecule has 5 fully saturated rings. The second-order valence-electron chi connectivity index (χ2n) is 15.6. The second-order valence-corrected chi connectivity index (χ2v) is 15.6. The van der Waals surface area contributed by atoms with Crippen LogP contribution < -0.4 is 0 Å². The number of rotatable bonds is 7. The number of fused-ring (bicyclic) bond motifs is 5. The Morgan fingerprint density at radius 2 is 1.64 bits per heavy atom. The Labute approximate surface area is 237 Å². The van der Waals surface area contributed by atoms with Crippen LogP contribution in [0.15, 0.2) is 30.3 Å². The zero-order valence-corrected chi connectivity index (χ0v) is 25.2. The van der Waals surface area contributed by atoms with Gasteiger partial charge in [0.15, 0.2) is 0 Å². The number of carbonyl (C=O) groups excluding carboxylic acids is 1. The first-order chi connectivity index (χ1) is 18.6. The third kappa shape index (κ3) is 5.02. The van der Waals surface area contributed by atoms with Crippen LogP contribution in [0.3, 0.4) is 0 Å². The van der Waals surface area contributed by atoms with Crippen LogP contribution in [0.2, 0.25) is 0 Å². The molecule has 0 aromatic heterocycles. The van der Waals surface area contributed by atoms with Crippen molar-refractivity contribution in [3.05, 3.63) is 35.9 Å². The number of hydrogen-bond donors (Lipinski definition) is 1. The van der Waals surface area contributed by atoms with Crippen molar-refractivity contribution in [2.75, 3.05) is 0 Å². The van der Waals surface area contributed by atoms with E-state index in [2.05, 4.69) is 27.7 Å². The van der Waals surface area contributed by atoms with Crippen LogP contribution in [0, 0.1) is 52.3 Å². The second kappa shape index (κ2) is 10.5. The summed E-state index contributed by atoms with van der Waals surface area (Å²) >= 11 is 0. The Kier molecular flexibility index (Phi) is 7.47. The number of carbonyl (C=O) groups is 1. The molecule has 0 radical (unpaired) electrons. The average molecular weight is 535 g/mol. The molecule has 3 heteroatoms. The summed E-state index contributed by atoms with van der Waals surface area (Å²) in [5.41, 5.74) is 1.15. The number of esters is 1. The van der Waals surface area contributed by atoms with E-state index < -0.39 is 5.60 Å². The average Bonchev–Trinajstić information content (AvgIpc) is 3.24. The van der Waals surface area contributed by atoms with Gasteiger partial charge in [-0.1, -0.05) is 45.4 Å². The number of benzene rings is 1. The molecule has 0 saturated heterocycles. The summed E-state index contributed by atoms with van der Waals surface area (Å²) in [6.45, 7) is 9.88. The summed E-state index contributed by atoms with van der Waals surface area (Å²) in [7, 11) is 0.